The van der Waals surface area contributed by atoms with Crippen LogP contribution in [0.4, 0.5) is 0 Å². The van der Waals surface area contributed by atoms with Crippen LogP contribution in [0.25, 0.3) is 5.32 Å². The van der Waals surface area contributed by atoms with Gasteiger partial charge in [0.25, 0.3) is 0 Å². The second kappa shape index (κ2) is 9.78. The fourth-order valence-electron chi connectivity index (χ4n) is 1.54. The Hall–Kier alpha value is -1.07. The van der Waals surface area contributed by atoms with Gasteiger partial charge < -0.3 is 10.1 Å². The number of carbonyl (C=O) groups is 3. The number of nitrogens with one attached hydrogen (secondary N) is 1. The molecule has 0 spiro atoms. The molecule has 1 saturated heterocycles. The van der Waals surface area contributed by atoms with E-state index in [0.717, 1.165) is 0 Å². The smallest absolute Gasteiger partial charge is 0.226 e. The minimum absolute atomic E-state index is 0. The molecule has 1 N–H and O–H groups in total. The average Bonchev–Trinajstić information content (AvgIpc) is 2.45. The molecule has 0 bridgehead atoms. The van der Waals surface area contributed by atoms with E-state index in [4.69, 9.17) is 0 Å². The molecule has 1 aliphatic heterocycles. The number of carbonyl (C=O) groups excluding carboxylic acids is 3. The van der Waals surface area contributed by atoms with E-state index >= 15 is 0 Å². The number of piperidine rings is 1. The number of nitrogens with zero attached hydrogens (tertiary/aromatic N) is 1. The number of imide groups is 1. The van der Waals surface area contributed by atoms with Gasteiger partial charge in [-0.15, -0.1) is 35.9 Å². The zero-order valence-electron chi connectivity index (χ0n) is 11.6. The van der Waals surface area contributed by atoms with Crippen molar-refractivity contribution in [2.75, 3.05) is 0 Å². The third-order valence-corrected chi connectivity index (χ3v) is 2.42. The predicted molar refractivity (Wildman–Crippen MR) is 70.5 cm³/mol. The summed E-state index contributed by atoms with van der Waals surface area (Å²) < 4.78 is 0. The molecule has 6 heteroatoms. The molecule has 105 valence electrons. The molecule has 1 aromatic rings. The largest absolute Gasteiger partial charge is 0.684 e. The predicted octanol–water partition coefficient (Wildman–Crippen LogP) is 1.83. The van der Waals surface area contributed by atoms with Gasteiger partial charge in [-0.1, -0.05) is 13.8 Å². The summed E-state index contributed by atoms with van der Waals surface area (Å²) in [5.74, 6) is -1.31. The Morgan fingerprint density at radius 1 is 1.35 bits per heavy atom. The molecule has 1 aromatic carbocycles. The van der Waals surface area contributed by atoms with Gasteiger partial charge >= 0.3 is 0 Å². The van der Waals surface area contributed by atoms with Gasteiger partial charge in [-0.05, 0) is 18.4 Å². The third kappa shape index (κ3) is 5.51. The monoisotopic (exact) mass is 349 g/mol. The van der Waals surface area contributed by atoms with Gasteiger partial charge in [-0.3, -0.25) is 14.9 Å². The van der Waals surface area contributed by atoms with Gasteiger partial charge in [-0.2, -0.15) is 0 Å². The third-order valence-electron chi connectivity index (χ3n) is 2.42. The number of benzene rings is 1. The molecule has 3 amide bonds. The van der Waals surface area contributed by atoms with Crippen LogP contribution in [-0.2, 0) is 42.3 Å². The van der Waals surface area contributed by atoms with Crippen molar-refractivity contribution in [3.8, 4) is 0 Å². The van der Waals surface area contributed by atoms with Gasteiger partial charge in [0, 0.05) is 39.1 Å². The minimum atomic E-state index is -0.770. The van der Waals surface area contributed by atoms with E-state index in [1.165, 1.54) is 0 Å². The Balaban J connectivity index is 0.00000115. The first kappa shape index (κ1) is 18.9. The Morgan fingerprint density at radius 2 is 2.05 bits per heavy atom. The zero-order valence-corrected chi connectivity index (χ0v) is 14.4. The molecule has 0 saturated carbocycles. The molecule has 5 nitrogen and oxygen atoms in total. The zero-order chi connectivity index (χ0) is 14.3. The van der Waals surface area contributed by atoms with Crippen molar-refractivity contribution in [2.45, 2.75) is 32.7 Å². The number of rotatable bonds is 2. The molecule has 1 heterocycles. The van der Waals surface area contributed by atoms with E-state index in [1.54, 1.807) is 24.3 Å². The first-order chi connectivity index (χ1) is 9.16. The summed E-state index contributed by atoms with van der Waals surface area (Å²) in [4.78, 5) is 34.0. The number of amides is 3. The van der Waals surface area contributed by atoms with E-state index in [9.17, 15) is 14.4 Å². The summed E-state index contributed by atoms with van der Waals surface area (Å²) in [7, 11) is 0. The second-order valence-corrected chi connectivity index (χ2v) is 3.68. The summed E-state index contributed by atoms with van der Waals surface area (Å²) in [5.41, 5.74) is 0.317. The fraction of sp³-hybridized carbons (Fsp3) is 0.357. The van der Waals surface area contributed by atoms with Crippen LogP contribution in [0.3, 0.4) is 0 Å². The molecular formula is C14H16N2O3Y-2. The standard InChI is InChI=1S/C12H11N2O3.C2H6.Y/c15-10-7-6-9(12(17)14-10)13-11(16)8-4-2-1-3-5-8;1-2;/h1-4,9H,6-7H2,(H2,13,14,15,16,17);1-2H3;/q-1;;/p-1. The van der Waals surface area contributed by atoms with Crippen molar-refractivity contribution < 1.29 is 47.1 Å². The minimum Gasteiger partial charge on any atom is -0.684 e. The van der Waals surface area contributed by atoms with Crippen LogP contribution in [0.2, 0.25) is 0 Å². The second-order valence-electron chi connectivity index (χ2n) is 3.68. The molecular weight excluding hydrogens is 333 g/mol. The van der Waals surface area contributed by atoms with Crippen molar-refractivity contribution in [1.29, 1.82) is 0 Å². The molecule has 1 radical (unpaired) electrons. The normalized spacial score (nSPS) is 17.0. The molecule has 1 aliphatic rings. The van der Waals surface area contributed by atoms with Crippen LogP contribution in [-0.4, -0.2) is 23.8 Å². The number of hydrogen-bond donors (Lipinski definition) is 1. The fourth-order valence-corrected chi connectivity index (χ4v) is 1.54. The molecule has 0 aliphatic carbocycles. The molecule has 20 heavy (non-hydrogen) atoms. The van der Waals surface area contributed by atoms with Crippen LogP contribution in [0.5, 0.6) is 0 Å². The summed E-state index contributed by atoms with van der Waals surface area (Å²) >= 11 is 0. The maximum atomic E-state index is 11.7. The molecule has 1 unspecified atom stereocenters. The number of hydrogen-bond acceptors (Lipinski definition) is 3. The van der Waals surface area contributed by atoms with Crippen LogP contribution in [0.15, 0.2) is 24.3 Å². The van der Waals surface area contributed by atoms with Crippen molar-refractivity contribution in [3.63, 3.8) is 0 Å². The molecule has 1 fully saturated rings. The first-order valence-corrected chi connectivity index (χ1v) is 6.22. The van der Waals surface area contributed by atoms with Gasteiger partial charge in [0.2, 0.25) is 11.8 Å². The molecule has 1 atom stereocenters. The summed E-state index contributed by atoms with van der Waals surface area (Å²) in [6.45, 7) is 4.00. The Kier molecular flexibility index (Phi) is 9.26. The summed E-state index contributed by atoms with van der Waals surface area (Å²) in [6.07, 6.45) is 0.495. The van der Waals surface area contributed by atoms with Crippen LogP contribution in [0, 0.1) is 6.07 Å². The average molecular weight is 349 g/mol. The van der Waals surface area contributed by atoms with Gasteiger partial charge in [0.1, 0.15) is 0 Å². The van der Waals surface area contributed by atoms with Gasteiger partial charge in [0.05, 0.1) is 0 Å². The van der Waals surface area contributed by atoms with E-state index in [2.05, 4.69) is 16.7 Å². The van der Waals surface area contributed by atoms with Crippen LogP contribution < -0.4 is 5.32 Å². The SMILES string of the molecule is CC.O=C1CCC([N-]C(=O)c2[c-]cccc2)C(=O)N1.[Y]. The van der Waals surface area contributed by atoms with E-state index < -0.39 is 17.9 Å². The topological polar surface area (TPSA) is 77.3 Å². The Labute approximate surface area is 143 Å². The van der Waals surface area contributed by atoms with Crippen LogP contribution in [0.1, 0.15) is 37.0 Å². The molecule has 0 aromatic heterocycles. The van der Waals surface area contributed by atoms with Gasteiger partial charge in [-0.25, -0.2) is 0 Å². The van der Waals surface area contributed by atoms with Crippen LogP contribution >= 0.6 is 0 Å². The summed E-state index contributed by atoms with van der Waals surface area (Å²) in [6, 6.07) is 8.59. The Morgan fingerprint density at radius 3 is 2.60 bits per heavy atom. The Bertz CT molecular complexity index is 463. The van der Waals surface area contributed by atoms with E-state index in [0.29, 0.717) is 5.56 Å². The first-order valence-electron chi connectivity index (χ1n) is 6.22. The quantitative estimate of drug-likeness (QED) is 0.654. The van der Waals surface area contributed by atoms with Gasteiger partial charge in [0.15, 0.2) is 0 Å². The van der Waals surface area contributed by atoms with E-state index in [-0.39, 0.29) is 51.5 Å². The maximum absolute atomic E-state index is 11.7. The van der Waals surface area contributed by atoms with E-state index in [1.807, 2.05) is 13.8 Å². The van der Waals surface area contributed by atoms with Crippen molar-refractivity contribution in [1.82, 2.24) is 5.32 Å². The molecule has 2 rings (SSSR count). The maximum Gasteiger partial charge on any atom is 0.226 e. The van der Waals surface area contributed by atoms with Crippen molar-refractivity contribution >= 4 is 17.7 Å². The summed E-state index contributed by atoms with van der Waals surface area (Å²) in [5, 5.41) is 5.94. The van der Waals surface area contributed by atoms with Crippen molar-refractivity contribution in [3.05, 3.63) is 41.2 Å². The van der Waals surface area contributed by atoms with Crippen molar-refractivity contribution in [2.24, 2.45) is 0 Å².